The molecule has 1 aromatic rings. The molecule has 0 spiro atoms. The van der Waals surface area contributed by atoms with Gasteiger partial charge >= 0.3 is 0 Å². The summed E-state index contributed by atoms with van der Waals surface area (Å²) >= 11 is 0. The van der Waals surface area contributed by atoms with Crippen LogP contribution in [0.15, 0.2) is 24.3 Å². The van der Waals surface area contributed by atoms with E-state index in [4.69, 9.17) is 0 Å². The van der Waals surface area contributed by atoms with Crippen LogP contribution < -0.4 is 5.32 Å². The predicted octanol–water partition coefficient (Wildman–Crippen LogP) is 1.82. The molecule has 0 fully saturated rings. The van der Waals surface area contributed by atoms with Crippen molar-refractivity contribution < 1.29 is 0 Å². The minimum absolute atomic E-state index is 1.07. The molecular weight excluding hydrogens is 110 g/mol. The number of para-hydroxylation sites is 1. The summed E-state index contributed by atoms with van der Waals surface area (Å²) in [7, 11) is 0. The molecule has 1 aromatic carbocycles. The van der Waals surface area contributed by atoms with Gasteiger partial charge in [-0.15, -0.1) is 0 Å². The van der Waals surface area contributed by atoms with Crippen molar-refractivity contribution in [3.63, 3.8) is 0 Å². The minimum atomic E-state index is 1.07. The van der Waals surface area contributed by atoms with Gasteiger partial charge in [-0.25, -0.2) is 0 Å². The van der Waals surface area contributed by atoms with Gasteiger partial charge in [-0.1, -0.05) is 18.2 Å². The molecule has 1 aliphatic rings. The molecule has 9 heavy (non-hydrogen) atoms. The molecule has 0 unspecified atom stereocenters. The van der Waals surface area contributed by atoms with E-state index in [2.05, 4.69) is 30.1 Å². The summed E-state index contributed by atoms with van der Waals surface area (Å²) in [5, 5.41) is 3.18. The molecule has 1 aliphatic heterocycles. The molecule has 45 valence electrons. The summed E-state index contributed by atoms with van der Waals surface area (Å²) in [5.74, 6) is 0. The fraction of sp³-hybridized carbons (Fsp3) is 0.125. The lowest BCUT2D eigenvalue weighted by molar-refractivity contribution is 1.25. The van der Waals surface area contributed by atoms with Crippen molar-refractivity contribution in [1.82, 2.24) is 0 Å². The molecule has 0 amide bonds. The van der Waals surface area contributed by atoms with Crippen molar-refractivity contribution in [1.29, 1.82) is 0 Å². The average molecular weight is 118 g/mol. The maximum atomic E-state index is 3.18. The highest BCUT2D eigenvalue weighted by Crippen LogP contribution is 2.22. The van der Waals surface area contributed by atoms with Crippen molar-refractivity contribution in [3.8, 4) is 0 Å². The first-order chi connectivity index (χ1) is 4.47. The molecule has 1 N–H and O–H groups in total. The van der Waals surface area contributed by atoms with Crippen LogP contribution in [-0.2, 0) is 6.42 Å². The monoisotopic (exact) mass is 118 g/mol. The van der Waals surface area contributed by atoms with Gasteiger partial charge in [0.2, 0.25) is 0 Å². The minimum Gasteiger partial charge on any atom is -0.380 e. The van der Waals surface area contributed by atoms with E-state index in [1.165, 1.54) is 11.3 Å². The van der Waals surface area contributed by atoms with Gasteiger partial charge in [0.15, 0.2) is 0 Å². The third-order valence-electron chi connectivity index (χ3n) is 1.60. The fourth-order valence-electron chi connectivity index (χ4n) is 1.11. The average Bonchev–Trinajstić information content (AvgIpc) is 2.33. The fourth-order valence-corrected chi connectivity index (χ4v) is 1.11. The quantitative estimate of drug-likeness (QED) is 0.548. The second-order valence-corrected chi connectivity index (χ2v) is 2.21. The predicted molar refractivity (Wildman–Crippen MR) is 38.1 cm³/mol. The van der Waals surface area contributed by atoms with Gasteiger partial charge in [-0.3, -0.25) is 0 Å². The molecule has 1 nitrogen and oxygen atoms in total. The first-order valence-electron chi connectivity index (χ1n) is 3.13. The van der Waals surface area contributed by atoms with Gasteiger partial charge in [-0.05, 0) is 18.1 Å². The van der Waals surface area contributed by atoms with Crippen LogP contribution in [0.2, 0.25) is 0 Å². The van der Waals surface area contributed by atoms with Crippen LogP contribution in [0.3, 0.4) is 0 Å². The molecule has 1 heteroatoms. The Balaban J connectivity index is 2.54. The number of hydrogen-bond acceptors (Lipinski definition) is 1. The lowest BCUT2D eigenvalue weighted by Gasteiger charge is -1.94. The third kappa shape index (κ3) is 0.689. The highest BCUT2D eigenvalue weighted by molar-refractivity contribution is 5.57. The molecule has 0 aliphatic carbocycles. The Hall–Kier alpha value is -0.980. The Kier molecular flexibility index (Phi) is 0.950. The van der Waals surface area contributed by atoms with Gasteiger partial charge < -0.3 is 5.32 Å². The smallest absolute Gasteiger partial charge is 0.0507 e. The number of nitrogens with one attached hydrogen (secondary N) is 1. The Morgan fingerprint density at radius 2 is 2.11 bits per heavy atom. The van der Waals surface area contributed by atoms with Crippen molar-refractivity contribution in [2.75, 3.05) is 5.32 Å². The van der Waals surface area contributed by atoms with Crippen molar-refractivity contribution in [3.05, 3.63) is 36.4 Å². The molecule has 1 heterocycles. The number of hydrogen-bond donors (Lipinski definition) is 1. The Morgan fingerprint density at radius 1 is 1.22 bits per heavy atom. The van der Waals surface area contributed by atoms with E-state index < -0.39 is 0 Å². The number of fused-ring (bicyclic) bond motifs is 1. The van der Waals surface area contributed by atoms with Crippen molar-refractivity contribution in [2.45, 2.75) is 6.42 Å². The van der Waals surface area contributed by atoms with Crippen LogP contribution in [0.5, 0.6) is 0 Å². The van der Waals surface area contributed by atoms with E-state index in [9.17, 15) is 0 Å². The summed E-state index contributed by atoms with van der Waals surface area (Å²) in [6.45, 7) is 2.07. The van der Waals surface area contributed by atoms with E-state index in [0.717, 1.165) is 6.42 Å². The number of anilines is 1. The first kappa shape index (κ1) is 4.86. The van der Waals surface area contributed by atoms with Gasteiger partial charge in [0, 0.05) is 5.69 Å². The first-order valence-corrected chi connectivity index (χ1v) is 3.13. The maximum absolute atomic E-state index is 3.18. The van der Waals surface area contributed by atoms with Gasteiger partial charge in [-0.2, -0.15) is 0 Å². The van der Waals surface area contributed by atoms with Crippen molar-refractivity contribution in [2.24, 2.45) is 0 Å². The molecule has 0 aromatic heterocycles. The summed E-state index contributed by atoms with van der Waals surface area (Å²) in [6.07, 6.45) is 1.07. The third-order valence-corrected chi connectivity index (χ3v) is 1.60. The highest BCUT2D eigenvalue weighted by atomic mass is 14.9. The normalized spacial score (nSPS) is 14.7. The largest absolute Gasteiger partial charge is 0.380 e. The van der Waals surface area contributed by atoms with Crippen LogP contribution in [0.25, 0.3) is 0 Å². The zero-order valence-electron chi connectivity index (χ0n) is 5.09. The standard InChI is InChI=1S/C8H8N/c1-2-4-8-7(3-1)5-6-9-8/h1-4,6,9H,5H2. The topological polar surface area (TPSA) is 12.0 Å². The van der Waals surface area contributed by atoms with Crippen LogP contribution in [-0.4, -0.2) is 0 Å². The number of benzene rings is 1. The zero-order valence-corrected chi connectivity index (χ0v) is 5.09. The maximum Gasteiger partial charge on any atom is 0.0507 e. The molecule has 0 saturated heterocycles. The molecule has 0 atom stereocenters. The second kappa shape index (κ2) is 1.76. The lowest BCUT2D eigenvalue weighted by atomic mass is 10.2. The zero-order chi connectivity index (χ0) is 6.10. The van der Waals surface area contributed by atoms with Crippen LogP contribution in [0.4, 0.5) is 5.69 Å². The lowest BCUT2D eigenvalue weighted by Crippen LogP contribution is -1.82. The molecule has 1 radical (unpaired) electrons. The molecule has 2 rings (SSSR count). The van der Waals surface area contributed by atoms with Crippen LogP contribution in [0, 0.1) is 6.54 Å². The van der Waals surface area contributed by atoms with E-state index in [0.29, 0.717) is 0 Å². The Morgan fingerprint density at radius 3 is 3.00 bits per heavy atom. The summed E-state index contributed by atoms with van der Waals surface area (Å²) in [6, 6.07) is 8.36. The van der Waals surface area contributed by atoms with Crippen LogP contribution in [0.1, 0.15) is 5.56 Å². The summed E-state index contributed by atoms with van der Waals surface area (Å²) in [5.41, 5.74) is 2.66. The Bertz CT molecular complexity index is 195. The van der Waals surface area contributed by atoms with Crippen LogP contribution >= 0.6 is 0 Å². The highest BCUT2D eigenvalue weighted by Gasteiger charge is 2.06. The summed E-state index contributed by atoms with van der Waals surface area (Å²) < 4.78 is 0. The van der Waals surface area contributed by atoms with Crippen molar-refractivity contribution >= 4 is 5.69 Å². The molecular formula is C8H8N. The molecule has 0 saturated carbocycles. The van der Waals surface area contributed by atoms with E-state index in [-0.39, 0.29) is 0 Å². The van der Waals surface area contributed by atoms with E-state index in [1.807, 2.05) is 6.07 Å². The summed E-state index contributed by atoms with van der Waals surface area (Å²) in [4.78, 5) is 0. The van der Waals surface area contributed by atoms with Gasteiger partial charge in [0.25, 0.3) is 0 Å². The number of rotatable bonds is 0. The van der Waals surface area contributed by atoms with E-state index in [1.54, 1.807) is 0 Å². The molecule has 0 bridgehead atoms. The Labute approximate surface area is 54.7 Å². The SMILES string of the molecule is [CH]1Cc2ccccc2N1. The van der Waals surface area contributed by atoms with Gasteiger partial charge in [0.05, 0.1) is 6.54 Å². The van der Waals surface area contributed by atoms with Gasteiger partial charge in [0.1, 0.15) is 0 Å². The van der Waals surface area contributed by atoms with E-state index >= 15 is 0 Å². The second-order valence-electron chi connectivity index (χ2n) is 2.21.